The Morgan fingerprint density at radius 2 is 1.85 bits per heavy atom. The summed E-state index contributed by atoms with van der Waals surface area (Å²) in [5, 5.41) is 13.1. The quantitative estimate of drug-likeness (QED) is 0.505. The molecular weight excluding hydrogens is 506 g/mol. The van der Waals surface area contributed by atoms with Crippen LogP contribution in [0.4, 0.5) is 4.79 Å². The second-order valence-electron chi connectivity index (χ2n) is 14.0. The molecule has 9 atom stereocenters. The molecule has 4 aliphatic carbocycles. The summed E-state index contributed by atoms with van der Waals surface area (Å²) in [6.07, 6.45) is 2.28. The van der Waals surface area contributed by atoms with E-state index in [0.29, 0.717) is 11.5 Å². The molecule has 1 amide bonds. The van der Waals surface area contributed by atoms with E-state index in [2.05, 4.69) is 20.8 Å². The Labute approximate surface area is 237 Å². The highest BCUT2D eigenvalue weighted by atomic mass is 16.7. The lowest BCUT2D eigenvalue weighted by molar-refractivity contribution is -0.303. The highest BCUT2D eigenvalue weighted by molar-refractivity contribution is 5.95. The van der Waals surface area contributed by atoms with Gasteiger partial charge in [0.15, 0.2) is 23.3 Å². The summed E-state index contributed by atoms with van der Waals surface area (Å²) in [6.45, 7) is 14.2. The molecule has 1 aliphatic heterocycles. The Bertz CT molecular complexity index is 1300. The Hall–Kier alpha value is -2.48. The van der Waals surface area contributed by atoms with Crippen LogP contribution in [0.5, 0.6) is 0 Å². The largest absolute Gasteiger partial charge is 0.438 e. The van der Waals surface area contributed by atoms with Crippen molar-refractivity contribution in [2.24, 2.45) is 34.5 Å². The van der Waals surface area contributed by atoms with E-state index in [1.165, 1.54) is 4.90 Å². The fraction of sp³-hybridized carbons (Fsp3) is 0.636. The minimum atomic E-state index is -1.82. The summed E-state index contributed by atoms with van der Waals surface area (Å²) < 4.78 is 18.8. The number of benzene rings is 1. The molecule has 0 aromatic heterocycles. The first-order valence-corrected chi connectivity index (χ1v) is 14.6. The van der Waals surface area contributed by atoms with Crippen molar-refractivity contribution in [2.75, 3.05) is 13.7 Å². The fourth-order valence-corrected chi connectivity index (χ4v) is 8.60. The molecule has 0 unspecified atom stereocenters. The summed E-state index contributed by atoms with van der Waals surface area (Å²) in [5.74, 6) is -0.933. The van der Waals surface area contributed by atoms with Gasteiger partial charge in [-0.3, -0.25) is 4.79 Å². The molecule has 1 heterocycles. The maximum atomic E-state index is 14.8. The zero-order valence-corrected chi connectivity index (χ0v) is 24.9. The van der Waals surface area contributed by atoms with Crippen LogP contribution in [-0.4, -0.2) is 59.1 Å². The molecule has 2 bridgehead atoms. The number of ether oxygens (including phenoxy) is 3. The summed E-state index contributed by atoms with van der Waals surface area (Å²) >= 11 is 0. The third-order valence-corrected chi connectivity index (χ3v) is 11.0. The molecule has 1 aromatic rings. The van der Waals surface area contributed by atoms with Gasteiger partial charge in [-0.25, -0.2) is 4.79 Å². The number of amides is 1. The van der Waals surface area contributed by atoms with E-state index in [1.54, 1.807) is 7.05 Å². The molecule has 6 rings (SSSR count). The van der Waals surface area contributed by atoms with E-state index < -0.39 is 35.1 Å². The lowest BCUT2D eigenvalue weighted by Crippen LogP contribution is -2.68. The zero-order chi connectivity index (χ0) is 29.0. The lowest BCUT2D eigenvalue weighted by atomic mass is 9.59. The van der Waals surface area contributed by atoms with Gasteiger partial charge in [0.1, 0.15) is 6.10 Å². The van der Waals surface area contributed by atoms with Crippen LogP contribution in [-0.2, 0) is 19.0 Å². The first kappa shape index (κ1) is 27.7. The smallest absolute Gasteiger partial charge is 0.410 e. The van der Waals surface area contributed by atoms with E-state index in [9.17, 15) is 14.7 Å². The average molecular weight is 550 g/mol. The molecule has 1 aromatic carbocycles. The van der Waals surface area contributed by atoms with Gasteiger partial charge in [-0.1, -0.05) is 63.3 Å². The number of Topliss-reactive ketones (excluding diaryl/α,β-unsaturated/α-hetero) is 1. The molecule has 5 aliphatic rings. The van der Waals surface area contributed by atoms with E-state index in [1.807, 2.05) is 70.2 Å². The first-order chi connectivity index (χ1) is 18.7. The molecule has 1 saturated heterocycles. The number of allylic oxidation sites excluding steroid dienone is 1. The summed E-state index contributed by atoms with van der Waals surface area (Å²) in [7, 11) is 1.70. The van der Waals surface area contributed by atoms with E-state index >= 15 is 0 Å². The number of rotatable bonds is 3. The summed E-state index contributed by atoms with van der Waals surface area (Å²) in [5.41, 5.74) is -0.617. The van der Waals surface area contributed by atoms with E-state index in [4.69, 9.17) is 14.2 Å². The standard InChI is InChI=1S/C33H43NO6/c1-18-16-32-19(2)14-24-25(30(24,4)5)23(26(32)35)15-22-17-38-31(6,7)40-28(22)33(32,37)27(18)39-29(36)34(8)20(3)21-12-10-9-11-13-21/h9-13,15-16,19-20,23-25,27-28,37H,14,17H2,1-8H3/t19-,20+,23+,24-,25+,27+,28-,32+,33-/m1/s1. The number of fused-ring (bicyclic) bond motifs is 5. The minimum absolute atomic E-state index is 0.00721. The average Bonchev–Trinajstić information content (AvgIpc) is 3.40. The molecular formula is C33H43NO6. The number of aliphatic hydroxyl groups is 1. The maximum absolute atomic E-state index is 14.8. The Morgan fingerprint density at radius 3 is 2.52 bits per heavy atom. The number of hydrogen-bond acceptors (Lipinski definition) is 6. The summed E-state index contributed by atoms with van der Waals surface area (Å²) in [4.78, 5) is 30.0. The van der Waals surface area contributed by atoms with Crippen molar-refractivity contribution >= 4 is 11.9 Å². The van der Waals surface area contributed by atoms with Gasteiger partial charge in [-0.15, -0.1) is 0 Å². The van der Waals surface area contributed by atoms with Crippen molar-refractivity contribution in [3.8, 4) is 0 Å². The van der Waals surface area contributed by atoms with Crippen molar-refractivity contribution in [3.63, 3.8) is 0 Å². The molecule has 3 fully saturated rings. The molecule has 7 heteroatoms. The van der Waals surface area contributed by atoms with Gasteiger partial charge in [0, 0.05) is 13.0 Å². The van der Waals surface area contributed by atoms with E-state index in [-0.39, 0.29) is 41.6 Å². The van der Waals surface area contributed by atoms with Crippen molar-refractivity contribution in [3.05, 3.63) is 59.2 Å². The Morgan fingerprint density at radius 1 is 1.18 bits per heavy atom. The van der Waals surface area contributed by atoms with Crippen LogP contribution in [0.3, 0.4) is 0 Å². The van der Waals surface area contributed by atoms with Gasteiger partial charge in [0.2, 0.25) is 0 Å². The molecule has 216 valence electrons. The predicted molar refractivity (Wildman–Crippen MR) is 150 cm³/mol. The van der Waals surface area contributed by atoms with Gasteiger partial charge < -0.3 is 24.2 Å². The van der Waals surface area contributed by atoms with Crippen LogP contribution >= 0.6 is 0 Å². The monoisotopic (exact) mass is 549 g/mol. The van der Waals surface area contributed by atoms with Crippen molar-refractivity contribution in [1.82, 2.24) is 4.90 Å². The highest BCUT2D eigenvalue weighted by Gasteiger charge is 2.77. The van der Waals surface area contributed by atoms with Crippen LogP contribution in [0.25, 0.3) is 0 Å². The topological polar surface area (TPSA) is 85.3 Å². The van der Waals surface area contributed by atoms with Gasteiger partial charge in [0.05, 0.1) is 18.1 Å². The van der Waals surface area contributed by atoms with Crippen LogP contribution in [0, 0.1) is 34.5 Å². The minimum Gasteiger partial charge on any atom is -0.438 e. The van der Waals surface area contributed by atoms with Crippen LogP contribution in [0.15, 0.2) is 53.6 Å². The Balaban J connectivity index is 1.44. The van der Waals surface area contributed by atoms with Gasteiger partial charge in [-0.05, 0) is 74.0 Å². The molecule has 0 radical (unpaired) electrons. The molecule has 1 N–H and O–H groups in total. The van der Waals surface area contributed by atoms with Gasteiger partial charge in [-0.2, -0.15) is 0 Å². The normalized spacial score (nSPS) is 41.2. The van der Waals surface area contributed by atoms with Gasteiger partial charge in [0.25, 0.3) is 0 Å². The predicted octanol–water partition coefficient (Wildman–Crippen LogP) is 5.45. The number of ketones is 1. The number of hydrogen-bond donors (Lipinski definition) is 1. The third-order valence-electron chi connectivity index (χ3n) is 11.0. The highest BCUT2D eigenvalue weighted by Crippen LogP contribution is 2.72. The van der Waals surface area contributed by atoms with Crippen molar-refractivity contribution < 1.29 is 28.9 Å². The first-order valence-electron chi connectivity index (χ1n) is 14.6. The van der Waals surface area contributed by atoms with Crippen molar-refractivity contribution in [1.29, 1.82) is 0 Å². The second-order valence-corrected chi connectivity index (χ2v) is 14.0. The molecule has 1 spiro atoms. The van der Waals surface area contributed by atoms with Crippen LogP contribution in [0.2, 0.25) is 0 Å². The molecule has 7 nitrogen and oxygen atoms in total. The molecule has 40 heavy (non-hydrogen) atoms. The van der Waals surface area contributed by atoms with E-state index in [0.717, 1.165) is 17.6 Å². The summed E-state index contributed by atoms with van der Waals surface area (Å²) in [6, 6.07) is 9.50. The second kappa shape index (κ2) is 8.76. The third kappa shape index (κ3) is 3.59. The maximum Gasteiger partial charge on any atom is 0.410 e. The number of nitrogens with zero attached hydrogens (tertiary/aromatic N) is 1. The number of carbonyl (C=O) groups is 2. The zero-order valence-electron chi connectivity index (χ0n) is 24.9. The lowest BCUT2D eigenvalue weighted by Gasteiger charge is -2.52. The Kier molecular flexibility index (Phi) is 6.06. The number of carbonyl (C=O) groups excluding carboxylic acids is 2. The van der Waals surface area contributed by atoms with Crippen LogP contribution < -0.4 is 0 Å². The van der Waals surface area contributed by atoms with Gasteiger partial charge >= 0.3 is 6.09 Å². The SMILES string of the molecule is CC1=C[C@]23C(=O)[C@@H](C=C4COC(C)(C)O[C@H]4[C@]2(O)[C@H]1OC(=O)N(C)[C@@H](C)c1ccccc1)[C@H]1[C@@H](C[C@H]3C)C1(C)C. The van der Waals surface area contributed by atoms with Crippen molar-refractivity contribution in [2.45, 2.75) is 84.5 Å². The fourth-order valence-electron chi connectivity index (χ4n) is 8.60. The van der Waals surface area contributed by atoms with Crippen LogP contribution in [0.1, 0.15) is 66.5 Å². The molecule has 2 saturated carbocycles.